The van der Waals surface area contributed by atoms with Crippen molar-refractivity contribution in [3.8, 4) is 0 Å². The van der Waals surface area contributed by atoms with Crippen LogP contribution in [0.15, 0.2) is 51.7 Å². The number of thioether (sulfide) groups is 1. The topological polar surface area (TPSA) is 66.4 Å². The summed E-state index contributed by atoms with van der Waals surface area (Å²) in [7, 11) is 0. The van der Waals surface area contributed by atoms with Crippen molar-refractivity contribution < 1.29 is 14.7 Å². The smallest absolute Gasteiger partial charge is 0.334 e. The van der Waals surface area contributed by atoms with Crippen LogP contribution in [-0.2, 0) is 9.59 Å². The van der Waals surface area contributed by atoms with Crippen LogP contribution in [0.2, 0.25) is 0 Å². The first-order chi connectivity index (χ1) is 11.0. The van der Waals surface area contributed by atoms with Gasteiger partial charge in [-0.25, -0.2) is 4.79 Å². The summed E-state index contributed by atoms with van der Waals surface area (Å²) in [4.78, 5) is 25.4. The van der Waals surface area contributed by atoms with Crippen LogP contribution in [0.3, 0.4) is 0 Å². The van der Waals surface area contributed by atoms with Crippen molar-refractivity contribution in [2.75, 3.05) is 6.26 Å². The number of ketones is 1. The van der Waals surface area contributed by atoms with E-state index in [2.05, 4.69) is 5.32 Å². The minimum Gasteiger partial charge on any atom is -0.478 e. The molecular weight excluding hydrogens is 310 g/mol. The zero-order valence-electron chi connectivity index (χ0n) is 13.2. The van der Waals surface area contributed by atoms with Gasteiger partial charge in [0.15, 0.2) is 5.78 Å². The van der Waals surface area contributed by atoms with E-state index >= 15 is 0 Å². The van der Waals surface area contributed by atoms with E-state index < -0.39 is 11.9 Å². The first-order valence-electron chi connectivity index (χ1n) is 7.64. The van der Waals surface area contributed by atoms with Crippen LogP contribution in [0, 0.1) is 0 Å². The molecule has 0 saturated heterocycles. The highest BCUT2D eigenvalue weighted by atomic mass is 32.2. The maximum Gasteiger partial charge on any atom is 0.334 e. The molecule has 23 heavy (non-hydrogen) atoms. The fourth-order valence-electron chi connectivity index (χ4n) is 3.40. The standard InChI is InChI=1S/C18H19NO3S/c1-10-15(18(21)22)16(11-6-8-12(23-2)9-7-11)17-13(19-10)4-3-5-14(17)20/h6-9,16,19H,3-5H2,1-2H3,(H,21,22). The molecule has 0 bridgehead atoms. The third-order valence-corrected chi connectivity index (χ3v) is 5.20. The van der Waals surface area contributed by atoms with Crippen molar-refractivity contribution in [1.29, 1.82) is 0 Å². The zero-order chi connectivity index (χ0) is 16.6. The lowest BCUT2D eigenvalue weighted by molar-refractivity contribution is -0.133. The fraction of sp³-hybridized carbons (Fsp3) is 0.333. The summed E-state index contributed by atoms with van der Waals surface area (Å²) >= 11 is 1.64. The number of hydrogen-bond donors (Lipinski definition) is 2. The summed E-state index contributed by atoms with van der Waals surface area (Å²) in [5, 5.41) is 12.8. The molecule has 2 N–H and O–H groups in total. The molecule has 0 aromatic heterocycles. The molecule has 0 saturated carbocycles. The van der Waals surface area contributed by atoms with E-state index in [4.69, 9.17) is 0 Å². The van der Waals surface area contributed by atoms with E-state index in [9.17, 15) is 14.7 Å². The van der Waals surface area contributed by atoms with E-state index in [1.54, 1.807) is 18.7 Å². The van der Waals surface area contributed by atoms with Gasteiger partial charge < -0.3 is 10.4 Å². The first kappa shape index (κ1) is 15.9. The number of nitrogens with one attached hydrogen (secondary N) is 1. The van der Waals surface area contributed by atoms with Gasteiger partial charge in [-0.1, -0.05) is 12.1 Å². The molecular formula is C18H19NO3S. The van der Waals surface area contributed by atoms with Gasteiger partial charge in [-0.2, -0.15) is 0 Å². The third-order valence-electron chi connectivity index (χ3n) is 4.46. The Labute approximate surface area is 139 Å². The maximum absolute atomic E-state index is 12.5. The SMILES string of the molecule is CSc1ccc(C2C(C(=O)O)=C(C)NC3=C2C(=O)CCC3)cc1. The lowest BCUT2D eigenvalue weighted by Gasteiger charge is -2.33. The summed E-state index contributed by atoms with van der Waals surface area (Å²) in [6.45, 7) is 1.77. The summed E-state index contributed by atoms with van der Waals surface area (Å²) in [6.07, 6.45) is 4.10. The number of carboxylic acids is 1. The Morgan fingerprint density at radius 1 is 1.26 bits per heavy atom. The number of dihydropyridines is 1. The molecule has 2 aliphatic rings. The summed E-state index contributed by atoms with van der Waals surface area (Å²) < 4.78 is 0. The number of allylic oxidation sites excluding steroid dienone is 3. The number of Topliss-reactive ketones (excluding diaryl/α,β-unsaturated/α-hetero) is 1. The molecule has 0 spiro atoms. The van der Waals surface area contributed by atoms with Crippen molar-refractivity contribution in [2.45, 2.75) is 37.0 Å². The largest absolute Gasteiger partial charge is 0.478 e. The van der Waals surface area contributed by atoms with Crippen molar-refractivity contribution >= 4 is 23.5 Å². The number of carbonyl (C=O) groups excluding carboxylic acids is 1. The Hall–Kier alpha value is -2.01. The van der Waals surface area contributed by atoms with Gasteiger partial charge >= 0.3 is 5.97 Å². The van der Waals surface area contributed by atoms with Crippen molar-refractivity contribution in [2.24, 2.45) is 0 Å². The van der Waals surface area contributed by atoms with Gasteiger partial charge in [-0.15, -0.1) is 11.8 Å². The highest BCUT2D eigenvalue weighted by Gasteiger charge is 2.38. The maximum atomic E-state index is 12.5. The molecule has 1 atom stereocenters. The normalized spacial score (nSPS) is 21.1. The van der Waals surface area contributed by atoms with Crippen molar-refractivity contribution in [3.63, 3.8) is 0 Å². The van der Waals surface area contributed by atoms with E-state index in [0.29, 0.717) is 17.7 Å². The average Bonchev–Trinajstić information content (AvgIpc) is 2.53. The van der Waals surface area contributed by atoms with Gasteiger partial charge in [-0.05, 0) is 43.7 Å². The molecule has 0 fully saturated rings. The highest BCUT2D eigenvalue weighted by molar-refractivity contribution is 7.98. The molecule has 1 aliphatic heterocycles. The molecule has 0 radical (unpaired) electrons. The minimum absolute atomic E-state index is 0.0592. The number of hydrogen-bond acceptors (Lipinski definition) is 4. The van der Waals surface area contributed by atoms with Crippen molar-refractivity contribution in [1.82, 2.24) is 5.32 Å². The van der Waals surface area contributed by atoms with Crippen LogP contribution >= 0.6 is 11.8 Å². The van der Waals surface area contributed by atoms with Gasteiger partial charge in [-0.3, -0.25) is 4.79 Å². The Bertz CT molecular complexity index is 731. The molecule has 4 nitrogen and oxygen atoms in total. The molecule has 1 aromatic rings. The predicted molar refractivity (Wildman–Crippen MR) is 90.3 cm³/mol. The zero-order valence-corrected chi connectivity index (χ0v) is 14.0. The molecule has 1 aromatic carbocycles. The second-order valence-electron chi connectivity index (χ2n) is 5.84. The quantitative estimate of drug-likeness (QED) is 0.831. The third kappa shape index (κ3) is 2.81. The fourth-order valence-corrected chi connectivity index (χ4v) is 3.80. The molecule has 1 heterocycles. The number of rotatable bonds is 3. The summed E-state index contributed by atoms with van der Waals surface area (Å²) in [5.41, 5.74) is 3.29. The first-order valence-corrected chi connectivity index (χ1v) is 8.86. The summed E-state index contributed by atoms with van der Waals surface area (Å²) in [5.74, 6) is -1.39. The predicted octanol–water partition coefficient (Wildman–Crippen LogP) is 3.46. The lowest BCUT2D eigenvalue weighted by Crippen LogP contribution is -2.33. The van der Waals surface area contributed by atoms with Gasteiger partial charge in [0.2, 0.25) is 0 Å². The second kappa shape index (κ2) is 6.24. The molecule has 120 valence electrons. The molecule has 1 aliphatic carbocycles. The van der Waals surface area contributed by atoms with Crippen LogP contribution in [0.25, 0.3) is 0 Å². The van der Waals surface area contributed by atoms with Crippen LogP contribution < -0.4 is 5.32 Å². The average molecular weight is 329 g/mol. The Balaban J connectivity index is 2.15. The molecule has 5 heteroatoms. The van der Waals surface area contributed by atoms with Crippen LogP contribution in [-0.4, -0.2) is 23.1 Å². The van der Waals surface area contributed by atoms with E-state index in [1.807, 2.05) is 30.5 Å². The Morgan fingerprint density at radius 3 is 2.57 bits per heavy atom. The summed E-state index contributed by atoms with van der Waals surface area (Å²) in [6, 6.07) is 7.82. The molecule has 1 unspecified atom stereocenters. The molecule has 3 rings (SSSR count). The number of carboxylic acid groups (broad SMARTS) is 1. The monoisotopic (exact) mass is 329 g/mol. The van der Waals surface area contributed by atoms with E-state index in [0.717, 1.165) is 29.0 Å². The van der Waals surface area contributed by atoms with Gasteiger partial charge in [0, 0.05) is 34.2 Å². The van der Waals surface area contributed by atoms with Crippen LogP contribution in [0.4, 0.5) is 0 Å². The molecule has 0 amide bonds. The van der Waals surface area contributed by atoms with Crippen molar-refractivity contribution in [3.05, 3.63) is 52.4 Å². The van der Waals surface area contributed by atoms with Gasteiger partial charge in [0.1, 0.15) is 0 Å². The highest BCUT2D eigenvalue weighted by Crippen LogP contribution is 2.42. The van der Waals surface area contributed by atoms with Gasteiger partial charge in [0.05, 0.1) is 5.57 Å². The Kier molecular flexibility index (Phi) is 4.31. The number of benzene rings is 1. The lowest BCUT2D eigenvalue weighted by atomic mass is 9.75. The van der Waals surface area contributed by atoms with E-state index in [1.165, 1.54) is 0 Å². The number of carbonyl (C=O) groups is 2. The van der Waals surface area contributed by atoms with E-state index in [-0.39, 0.29) is 11.4 Å². The Morgan fingerprint density at radius 2 is 1.96 bits per heavy atom. The minimum atomic E-state index is -0.973. The van der Waals surface area contributed by atoms with Gasteiger partial charge in [0.25, 0.3) is 0 Å². The van der Waals surface area contributed by atoms with Crippen LogP contribution in [0.5, 0.6) is 0 Å². The number of aliphatic carboxylic acids is 1. The van der Waals surface area contributed by atoms with Crippen LogP contribution in [0.1, 0.15) is 37.7 Å². The second-order valence-corrected chi connectivity index (χ2v) is 6.72.